The molecule has 0 bridgehead atoms. The van der Waals surface area contributed by atoms with Crippen molar-refractivity contribution in [2.45, 2.75) is 32.2 Å². The summed E-state index contributed by atoms with van der Waals surface area (Å²) in [6.07, 6.45) is 6.49. The fourth-order valence-corrected chi connectivity index (χ4v) is 4.43. The Morgan fingerprint density at radius 2 is 1.62 bits per heavy atom. The molecule has 2 N–H and O–H groups in total. The average molecular weight is 441 g/mol. The lowest BCUT2D eigenvalue weighted by Gasteiger charge is -2.19. The molecule has 2 aromatic carbocycles. The van der Waals surface area contributed by atoms with Gasteiger partial charge in [-0.1, -0.05) is 0 Å². The number of quaternary nitrogens is 1. The average Bonchev–Trinajstić information content (AvgIpc) is 2.96. The van der Waals surface area contributed by atoms with Gasteiger partial charge in [-0.25, -0.2) is 0 Å². The zero-order valence-electron chi connectivity index (χ0n) is 18.8. The first-order valence-corrected chi connectivity index (χ1v) is 11.0. The Morgan fingerprint density at radius 1 is 0.969 bits per heavy atom. The van der Waals surface area contributed by atoms with E-state index in [1.165, 1.54) is 30.6 Å². The van der Waals surface area contributed by atoms with Crippen LogP contribution in [0.1, 0.15) is 47.2 Å². The smallest absolute Gasteiger partial charge is 0.231 e. The third-order valence-electron chi connectivity index (χ3n) is 6.18. The van der Waals surface area contributed by atoms with Crippen LogP contribution in [0.3, 0.4) is 0 Å². The second-order valence-electron chi connectivity index (χ2n) is 8.17. The summed E-state index contributed by atoms with van der Waals surface area (Å²) in [5.41, 5.74) is 1.79. The van der Waals surface area contributed by atoms with Crippen molar-refractivity contribution in [1.82, 2.24) is 0 Å². The van der Waals surface area contributed by atoms with E-state index in [1.54, 1.807) is 51.7 Å². The molecular weight excluding hydrogens is 410 g/mol. The van der Waals surface area contributed by atoms with Crippen LogP contribution in [-0.2, 0) is 6.54 Å². The summed E-state index contributed by atoms with van der Waals surface area (Å²) in [4.78, 5) is 14.5. The molecule has 0 amide bonds. The largest absolute Gasteiger partial charge is 0.507 e. The molecule has 1 fully saturated rings. The molecule has 1 saturated heterocycles. The predicted molar refractivity (Wildman–Crippen MR) is 120 cm³/mol. The number of phenols is 1. The number of hydrogen-bond acceptors (Lipinski definition) is 6. The molecule has 2 heterocycles. The molecule has 0 saturated carbocycles. The number of ether oxygens (including phenoxy) is 4. The van der Waals surface area contributed by atoms with Gasteiger partial charge in [-0.15, -0.1) is 0 Å². The highest BCUT2D eigenvalue weighted by Gasteiger charge is 2.33. The van der Waals surface area contributed by atoms with Gasteiger partial charge in [0.25, 0.3) is 0 Å². The van der Waals surface area contributed by atoms with Crippen LogP contribution in [-0.4, -0.2) is 45.3 Å². The number of nitrogens with one attached hydrogen (secondary N) is 1. The Labute approximate surface area is 188 Å². The van der Waals surface area contributed by atoms with Crippen LogP contribution in [0.5, 0.6) is 28.7 Å². The summed E-state index contributed by atoms with van der Waals surface area (Å²) in [7, 11) is 4.65. The van der Waals surface area contributed by atoms with Gasteiger partial charge in [0.2, 0.25) is 5.78 Å². The topological polar surface area (TPSA) is 78.7 Å². The lowest BCUT2D eigenvalue weighted by molar-refractivity contribution is -0.913. The SMILES string of the molecule is COc1cc(OC)c(OC)cc1/C=C1\Oc2c(ccc(O)c2C[NH+]2CCCCCC2)C1=O. The number of methoxy groups -OCH3 is 3. The van der Waals surface area contributed by atoms with Gasteiger partial charge in [0.15, 0.2) is 23.0 Å². The van der Waals surface area contributed by atoms with Crippen LogP contribution in [0.2, 0.25) is 0 Å². The van der Waals surface area contributed by atoms with Crippen LogP contribution in [0.15, 0.2) is 30.0 Å². The molecule has 4 rings (SSSR count). The number of fused-ring (bicyclic) bond motifs is 1. The Balaban J connectivity index is 1.68. The summed E-state index contributed by atoms with van der Waals surface area (Å²) >= 11 is 0. The van der Waals surface area contributed by atoms with E-state index < -0.39 is 0 Å². The van der Waals surface area contributed by atoms with Crippen molar-refractivity contribution in [3.8, 4) is 28.7 Å². The molecule has 7 heteroatoms. The van der Waals surface area contributed by atoms with Crippen molar-refractivity contribution in [1.29, 1.82) is 0 Å². The quantitative estimate of drug-likeness (QED) is 0.673. The zero-order chi connectivity index (χ0) is 22.7. The van der Waals surface area contributed by atoms with Gasteiger partial charge in [0.1, 0.15) is 18.0 Å². The van der Waals surface area contributed by atoms with Crippen LogP contribution >= 0.6 is 0 Å². The van der Waals surface area contributed by atoms with Crippen molar-refractivity contribution in [2.24, 2.45) is 0 Å². The third-order valence-corrected chi connectivity index (χ3v) is 6.18. The molecule has 2 aliphatic heterocycles. The number of Topliss-reactive ketones (excluding diaryl/α,β-unsaturated/α-hetero) is 1. The summed E-state index contributed by atoms with van der Waals surface area (Å²) < 4.78 is 22.2. The Bertz CT molecular complexity index is 1040. The molecule has 7 nitrogen and oxygen atoms in total. The highest BCUT2D eigenvalue weighted by molar-refractivity contribution is 6.15. The Hall–Kier alpha value is -3.19. The number of hydrogen-bond donors (Lipinski definition) is 2. The highest BCUT2D eigenvalue weighted by Crippen LogP contribution is 2.41. The van der Waals surface area contributed by atoms with Gasteiger partial charge >= 0.3 is 0 Å². The van der Waals surface area contributed by atoms with E-state index in [4.69, 9.17) is 18.9 Å². The van der Waals surface area contributed by atoms with Crippen LogP contribution in [0.4, 0.5) is 0 Å². The molecule has 170 valence electrons. The van der Waals surface area contributed by atoms with E-state index in [1.807, 2.05) is 0 Å². The molecule has 0 aromatic heterocycles. The standard InChI is InChI=1S/C25H29NO6/c1-29-20-14-22(31-3)21(30-2)12-16(20)13-23-24(28)17-8-9-19(27)18(25(17)32-23)15-26-10-6-4-5-7-11-26/h8-9,12-14,27H,4-7,10-11,15H2,1-3H3/p+1/b23-13-. The number of carbonyl (C=O) groups is 1. The van der Waals surface area contributed by atoms with Crippen LogP contribution < -0.4 is 23.8 Å². The van der Waals surface area contributed by atoms with Crippen molar-refractivity contribution in [3.05, 3.63) is 46.7 Å². The van der Waals surface area contributed by atoms with Crippen molar-refractivity contribution in [3.63, 3.8) is 0 Å². The summed E-state index contributed by atoms with van der Waals surface area (Å²) in [6.45, 7) is 2.75. The van der Waals surface area contributed by atoms with Crippen molar-refractivity contribution in [2.75, 3.05) is 34.4 Å². The van der Waals surface area contributed by atoms with E-state index >= 15 is 0 Å². The number of aromatic hydroxyl groups is 1. The molecule has 0 aliphatic carbocycles. The maximum absolute atomic E-state index is 13.1. The maximum Gasteiger partial charge on any atom is 0.231 e. The first kappa shape index (κ1) is 22.0. The fraction of sp³-hybridized carbons (Fsp3) is 0.400. The number of ketones is 1. The molecule has 0 atom stereocenters. The maximum atomic E-state index is 13.1. The number of benzene rings is 2. The highest BCUT2D eigenvalue weighted by atomic mass is 16.5. The first-order chi connectivity index (χ1) is 15.5. The summed E-state index contributed by atoms with van der Waals surface area (Å²) in [6, 6.07) is 6.66. The number of rotatable bonds is 6. The number of phenolic OH excluding ortho intramolecular Hbond substituents is 1. The lowest BCUT2D eigenvalue weighted by atomic mass is 10.0. The van der Waals surface area contributed by atoms with Gasteiger partial charge in [0, 0.05) is 11.6 Å². The molecule has 0 unspecified atom stereocenters. The van der Waals surface area contributed by atoms with Crippen molar-refractivity contribution < 1.29 is 33.7 Å². The Morgan fingerprint density at radius 3 is 2.28 bits per heavy atom. The van der Waals surface area contributed by atoms with Gasteiger partial charge in [0.05, 0.1) is 45.5 Å². The number of carbonyl (C=O) groups excluding carboxylic acids is 1. The summed E-state index contributed by atoms with van der Waals surface area (Å²) in [5, 5.41) is 10.6. The number of allylic oxidation sites excluding steroid dienone is 1. The fourth-order valence-electron chi connectivity index (χ4n) is 4.43. The van der Waals surface area contributed by atoms with E-state index in [9.17, 15) is 9.90 Å². The normalized spacial score (nSPS) is 17.6. The second kappa shape index (κ2) is 9.53. The third kappa shape index (κ3) is 4.25. The molecule has 0 spiro atoms. The van der Waals surface area contributed by atoms with E-state index in [-0.39, 0.29) is 17.3 Å². The first-order valence-electron chi connectivity index (χ1n) is 11.0. The molecule has 0 radical (unpaired) electrons. The van der Waals surface area contributed by atoms with Gasteiger partial charge in [-0.05, 0) is 50.0 Å². The molecular formula is C25H30NO6+. The molecule has 32 heavy (non-hydrogen) atoms. The van der Waals surface area contributed by atoms with E-state index in [2.05, 4.69) is 0 Å². The monoisotopic (exact) mass is 440 g/mol. The van der Waals surface area contributed by atoms with Crippen molar-refractivity contribution >= 4 is 11.9 Å². The minimum Gasteiger partial charge on any atom is -0.507 e. The Kier molecular flexibility index (Phi) is 6.55. The second-order valence-corrected chi connectivity index (χ2v) is 8.17. The molecule has 2 aliphatic rings. The number of likely N-dealkylation sites (tertiary alicyclic amines) is 1. The zero-order valence-corrected chi connectivity index (χ0v) is 18.8. The van der Waals surface area contributed by atoms with Crippen LogP contribution in [0.25, 0.3) is 6.08 Å². The van der Waals surface area contributed by atoms with Gasteiger partial charge < -0.3 is 29.0 Å². The van der Waals surface area contributed by atoms with E-state index in [0.29, 0.717) is 46.2 Å². The minimum atomic E-state index is -0.219. The minimum absolute atomic E-state index is 0.165. The van der Waals surface area contributed by atoms with Gasteiger partial charge in [-0.2, -0.15) is 0 Å². The van der Waals surface area contributed by atoms with Crippen LogP contribution in [0, 0.1) is 0 Å². The lowest BCUT2D eigenvalue weighted by Crippen LogP contribution is -3.10. The predicted octanol–water partition coefficient (Wildman–Crippen LogP) is 2.99. The van der Waals surface area contributed by atoms with E-state index in [0.717, 1.165) is 13.1 Å². The summed E-state index contributed by atoms with van der Waals surface area (Å²) in [5.74, 6) is 2.16. The molecule has 2 aromatic rings. The van der Waals surface area contributed by atoms with Gasteiger partial charge in [-0.3, -0.25) is 4.79 Å².